The van der Waals surface area contributed by atoms with Crippen molar-refractivity contribution in [2.45, 2.75) is 6.42 Å². The van der Waals surface area contributed by atoms with Crippen LogP contribution in [0.5, 0.6) is 0 Å². The van der Waals surface area contributed by atoms with Gasteiger partial charge in [0.2, 0.25) is 0 Å². The Labute approximate surface area is 117 Å². The molecule has 1 aromatic carbocycles. The number of carbonyl (C=O) groups excluding carboxylic acids is 1. The van der Waals surface area contributed by atoms with Crippen LogP contribution in [0.25, 0.3) is 0 Å². The summed E-state index contributed by atoms with van der Waals surface area (Å²) in [6.07, 6.45) is 1.58. The van der Waals surface area contributed by atoms with Gasteiger partial charge in [0.15, 0.2) is 5.78 Å². The Balaban J connectivity index is 2.21. The number of pyridine rings is 1. The first-order chi connectivity index (χ1) is 8.58. The Morgan fingerprint density at radius 3 is 2.78 bits per heavy atom. The smallest absolute Gasteiger partial charge is 0.185 e. The summed E-state index contributed by atoms with van der Waals surface area (Å²) in [4.78, 5) is 15.9. The average molecular weight is 329 g/mol. The number of Topliss-reactive ketones (excluding diaryl/α,β-unsaturated/α-hetero) is 1. The summed E-state index contributed by atoms with van der Waals surface area (Å²) in [6.45, 7) is 0. The summed E-state index contributed by atoms with van der Waals surface area (Å²) in [5, 5.41) is -0.0111. The Morgan fingerprint density at radius 2 is 2.11 bits per heavy atom. The van der Waals surface area contributed by atoms with E-state index in [1.165, 1.54) is 12.1 Å². The predicted molar refractivity (Wildman–Crippen MR) is 71.4 cm³/mol. The first kappa shape index (κ1) is 13.2. The lowest BCUT2D eigenvalue weighted by molar-refractivity contribution is 0.0988. The highest BCUT2D eigenvalue weighted by Gasteiger charge is 2.12. The van der Waals surface area contributed by atoms with E-state index in [4.69, 9.17) is 11.6 Å². The molecule has 5 heteroatoms. The molecule has 0 atom stereocenters. The second-order valence-electron chi connectivity index (χ2n) is 3.67. The van der Waals surface area contributed by atoms with E-state index in [1.54, 1.807) is 24.4 Å². The van der Waals surface area contributed by atoms with Gasteiger partial charge in [-0.05, 0) is 39.7 Å². The molecule has 2 aromatic rings. The van der Waals surface area contributed by atoms with Gasteiger partial charge in [-0.2, -0.15) is 0 Å². The van der Waals surface area contributed by atoms with E-state index < -0.39 is 5.82 Å². The van der Waals surface area contributed by atoms with Crippen molar-refractivity contribution in [2.75, 3.05) is 0 Å². The van der Waals surface area contributed by atoms with Gasteiger partial charge in [0.1, 0.15) is 11.5 Å². The average Bonchev–Trinajstić information content (AvgIpc) is 2.36. The van der Waals surface area contributed by atoms with Crippen LogP contribution in [0.15, 0.2) is 41.0 Å². The number of rotatable bonds is 3. The van der Waals surface area contributed by atoms with Crippen molar-refractivity contribution < 1.29 is 9.18 Å². The minimum Gasteiger partial charge on any atom is -0.292 e. The summed E-state index contributed by atoms with van der Waals surface area (Å²) in [5.41, 5.74) is 0.796. The number of carbonyl (C=O) groups is 1. The highest BCUT2D eigenvalue weighted by Crippen LogP contribution is 2.21. The molecule has 0 saturated heterocycles. The number of nitrogens with zero attached hydrogens (tertiary/aromatic N) is 1. The molecule has 0 aliphatic heterocycles. The van der Waals surface area contributed by atoms with Crippen molar-refractivity contribution in [2.24, 2.45) is 0 Å². The number of hydrogen-bond donors (Lipinski definition) is 0. The molecule has 18 heavy (non-hydrogen) atoms. The van der Waals surface area contributed by atoms with Crippen LogP contribution in [0.1, 0.15) is 16.1 Å². The van der Waals surface area contributed by atoms with Crippen LogP contribution in [0, 0.1) is 5.82 Å². The van der Waals surface area contributed by atoms with Gasteiger partial charge in [-0.25, -0.2) is 4.39 Å². The monoisotopic (exact) mass is 327 g/mol. The minimum absolute atomic E-state index is 0.0111. The molecule has 0 amide bonds. The van der Waals surface area contributed by atoms with E-state index >= 15 is 0 Å². The molecule has 0 aliphatic rings. The summed E-state index contributed by atoms with van der Waals surface area (Å²) < 4.78 is 14.0. The third-order valence-electron chi connectivity index (χ3n) is 2.40. The zero-order valence-electron chi connectivity index (χ0n) is 9.16. The number of hydrogen-bond acceptors (Lipinski definition) is 2. The second kappa shape index (κ2) is 5.59. The third-order valence-corrected chi connectivity index (χ3v) is 3.29. The Kier molecular flexibility index (Phi) is 4.09. The van der Waals surface area contributed by atoms with E-state index in [-0.39, 0.29) is 17.2 Å². The van der Waals surface area contributed by atoms with Gasteiger partial charge in [0.05, 0.1) is 5.02 Å². The lowest BCUT2D eigenvalue weighted by Crippen LogP contribution is -2.06. The van der Waals surface area contributed by atoms with Gasteiger partial charge < -0.3 is 0 Å². The lowest BCUT2D eigenvalue weighted by Gasteiger charge is -2.04. The highest BCUT2D eigenvalue weighted by molar-refractivity contribution is 9.10. The minimum atomic E-state index is -0.522. The fourth-order valence-electron chi connectivity index (χ4n) is 1.49. The van der Waals surface area contributed by atoms with Crippen LogP contribution in [0.2, 0.25) is 5.02 Å². The maximum Gasteiger partial charge on any atom is 0.185 e. The van der Waals surface area contributed by atoms with E-state index in [9.17, 15) is 9.18 Å². The third kappa shape index (κ3) is 2.94. The van der Waals surface area contributed by atoms with Gasteiger partial charge in [0, 0.05) is 17.1 Å². The molecular formula is C13H8BrClFNO. The predicted octanol–water partition coefficient (Wildman–Crippen LogP) is 4.06. The first-order valence-corrected chi connectivity index (χ1v) is 6.32. The molecule has 1 aromatic heterocycles. The molecule has 0 aliphatic carbocycles. The van der Waals surface area contributed by atoms with Gasteiger partial charge in [-0.1, -0.05) is 23.7 Å². The molecule has 0 bridgehead atoms. The number of aromatic nitrogens is 1. The number of ketones is 1. The zero-order valence-corrected chi connectivity index (χ0v) is 11.5. The molecule has 0 N–H and O–H groups in total. The Bertz CT molecular complexity index is 586. The summed E-state index contributed by atoms with van der Waals surface area (Å²) in [5.74, 6) is -0.722. The largest absolute Gasteiger partial charge is 0.292 e. The topological polar surface area (TPSA) is 30.0 Å². The Morgan fingerprint density at radius 1 is 1.33 bits per heavy atom. The fraction of sp³-hybridized carbons (Fsp3) is 0.0769. The van der Waals surface area contributed by atoms with E-state index in [1.807, 2.05) is 0 Å². The molecule has 0 saturated carbocycles. The molecule has 0 unspecified atom stereocenters. The first-order valence-electron chi connectivity index (χ1n) is 5.15. The normalized spacial score (nSPS) is 10.4. The van der Waals surface area contributed by atoms with E-state index in [0.29, 0.717) is 11.3 Å². The molecule has 0 radical (unpaired) electrons. The summed E-state index contributed by atoms with van der Waals surface area (Å²) in [6, 6.07) is 7.75. The lowest BCUT2D eigenvalue weighted by atomic mass is 10.1. The molecular weight excluding hydrogens is 321 g/mol. The maximum atomic E-state index is 13.2. The van der Waals surface area contributed by atoms with Crippen LogP contribution in [-0.4, -0.2) is 10.8 Å². The number of benzene rings is 1. The SMILES string of the molecule is O=C(Cc1cccc(F)c1Cl)c1ccc(Br)cn1. The van der Waals surface area contributed by atoms with Gasteiger partial charge in [-0.15, -0.1) is 0 Å². The van der Waals surface area contributed by atoms with E-state index in [2.05, 4.69) is 20.9 Å². The van der Waals surface area contributed by atoms with Crippen molar-refractivity contribution in [3.63, 3.8) is 0 Å². The molecule has 92 valence electrons. The molecule has 0 fully saturated rings. The van der Waals surface area contributed by atoms with Crippen LogP contribution in [0.4, 0.5) is 4.39 Å². The zero-order chi connectivity index (χ0) is 13.1. The standard InChI is InChI=1S/C13H8BrClFNO/c14-9-4-5-11(17-7-9)12(18)6-8-2-1-3-10(16)13(8)15/h1-5,7H,6H2. The second-order valence-corrected chi connectivity index (χ2v) is 4.97. The van der Waals surface area contributed by atoms with Crippen molar-refractivity contribution in [3.8, 4) is 0 Å². The summed E-state index contributed by atoms with van der Waals surface area (Å²) in [7, 11) is 0. The molecule has 2 nitrogen and oxygen atoms in total. The molecule has 1 heterocycles. The van der Waals surface area contributed by atoms with E-state index in [0.717, 1.165) is 4.47 Å². The van der Waals surface area contributed by atoms with Crippen molar-refractivity contribution in [1.82, 2.24) is 4.98 Å². The summed E-state index contributed by atoms with van der Waals surface area (Å²) >= 11 is 9.03. The van der Waals surface area contributed by atoms with Crippen LogP contribution in [-0.2, 0) is 6.42 Å². The van der Waals surface area contributed by atoms with Crippen LogP contribution in [0.3, 0.4) is 0 Å². The molecule has 2 rings (SSSR count). The molecule has 0 spiro atoms. The van der Waals surface area contributed by atoms with Crippen molar-refractivity contribution in [3.05, 3.63) is 63.1 Å². The van der Waals surface area contributed by atoms with Crippen LogP contribution >= 0.6 is 27.5 Å². The Hall–Kier alpha value is -1.26. The number of halogens is 3. The highest BCUT2D eigenvalue weighted by atomic mass is 79.9. The van der Waals surface area contributed by atoms with Gasteiger partial charge >= 0.3 is 0 Å². The quantitative estimate of drug-likeness (QED) is 0.795. The van der Waals surface area contributed by atoms with Crippen molar-refractivity contribution in [1.29, 1.82) is 0 Å². The fourth-order valence-corrected chi connectivity index (χ4v) is 1.92. The maximum absolute atomic E-state index is 13.2. The van der Waals surface area contributed by atoms with Gasteiger partial charge in [-0.3, -0.25) is 9.78 Å². The van der Waals surface area contributed by atoms with Crippen molar-refractivity contribution >= 4 is 33.3 Å². The van der Waals surface area contributed by atoms with Gasteiger partial charge in [0.25, 0.3) is 0 Å². The van der Waals surface area contributed by atoms with Crippen LogP contribution < -0.4 is 0 Å².